The largest absolute Gasteiger partial charge is 0.334 e. The highest BCUT2D eigenvalue weighted by Crippen LogP contribution is 2.34. The molecule has 2 aromatic rings. The van der Waals surface area contributed by atoms with E-state index in [1.165, 1.54) is 16.8 Å². The van der Waals surface area contributed by atoms with E-state index >= 15 is 0 Å². The summed E-state index contributed by atoms with van der Waals surface area (Å²) in [6, 6.07) is 19.1. The van der Waals surface area contributed by atoms with Crippen LogP contribution in [0.25, 0.3) is 0 Å². The summed E-state index contributed by atoms with van der Waals surface area (Å²) in [7, 11) is 0. The minimum Gasteiger partial charge on any atom is -0.334 e. The molecule has 0 aliphatic heterocycles. The van der Waals surface area contributed by atoms with Gasteiger partial charge < -0.3 is 4.90 Å². The number of allylic oxidation sites excluding steroid dienone is 1. The Morgan fingerprint density at radius 1 is 1.17 bits per heavy atom. The molecule has 0 saturated heterocycles. The zero-order valence-electron chi connectivity index (χ0n) is 14.6. The minimum absolute atomic E-state index is 0.0832. The summed E-state index contributed by atoms with van der Waals surface area (Å²) < 4.78 is 0. The van der Waals surface area contributed by atoms with E-state index in [4.69, 9.17) is 6.42 Å². The summed E-state index contributed by atoms with van der Waals surface area (Å²) in [6.07, 6.45) is 8.56. The van der Waals surface area contributed by atoms with Crippen LogP contribution >= 0.6 is 12.6 Å². The zero-order chi connectivity index (χ0) is 17.5. The molecule has 124 valence electrons. The van der Waals surface area contributed by atoms with Gasteiger partial charge in [0.2, 0.25) is 0 Å². The molecule has 0 heterocycles. The van der Waals surface area contributed by atoms with E-state index in [-0.39, 0.29) is 11.3 Å². The summed E-state index contributed by atoms with van der Waals surface area (Å²) in [5, 5.41) is -0.0832. The molecule has 2 rings (SSSR count). The molecule has 2 heteroatoms. The molecule has 0 fully saturated rings. The Bertz CT molecular complexity index is 727. The van der Waals surface area contributed by atoms with Crippen molar-refractivity contribution in [3.05, 3.63) is 71.8 Å². The molecule has 0 N–H and O–H groups in total. The van der Waals surface area contributed by atoms with Crippen LogP contribution < -0.4 is 4.90 Å². The highest BCUT2D eigenvalue weighted by atomic mass is 32.1. The molecule has 0 radical (unpaired) electrons. The Morgan fingerprint density at radius 3 is 2.38 bits per heavy atom. The van der Waals surface area contributed by atoms with E-state index in [0.717, 1.165) is 12.1 Å². The average molecular weight is 336 g/mol. The standard InChI is InChI=1S/C22H25NS/c1-5-17(3)22(16-20(24)6-2)23(19-13-8-7-9-14-19)21-15-11-10-12-18(21)4/h2,5,7-15,20,22,24H,16H2,1,3-4H3/b17-5-. The Kier molecular flexibility index (Phi) is 6.58. The van der Waals surface area contributed by atoms with E-state index in [1.807, 2.05) is 6.07 Å². The Balaban J connectivity index is 2.59. The van der Waals surface area contributed by atoms with Crippen molar-refractivity contribution in [2.75, 3.05) is 4.90 Å². The lowest BCUT2D eigenvalue weighted by molar-refractivity contribution is 0.689. The fourth-order valence-electron chi connectivity index (χ4n) is 2.88. The molecule has 24 heavy (non-hydrogen) atoms. The zero-order valence-corrected chi connectivity index (χ0v) is 15.5. The van der Waals surface area contributed by atoms with Crippen LogP contribution in [-0.2, 0) is 0 Å². The van der Waals surface area contributed by atoms with Crippen molar-refractivity contribution in [3.8, 4) is 12.3 Å². The molecule has 0 amide bonds. The number of nitrogens with zero attached hydrogens (tertiary/aromatic N) is 1. The first-order valence-electron chi connectivity index (χ1n) is 8.25. The molecule has 0 spiro atoms. The first kappa shape index (κ1) is 18.2. The van der Waals surface area contributed by atoms with Crippen molar-refractivity contribution in [1.82, 2.24) is 0 Å². The van der Waals surface area contributed by atoms with Gasteiger partial charge in [-0.1, -0.05) is 54.0 Å². The maximum atomic E-state index is 5.60. The van der Waals surface area contributed by atoms with Gasteiger partial charge in [0.05, 0.1) is 11.3 Å². The van der Waals surface area contributed by atoms with Crippen LogP contribution in [0.4, 0.5) is 11.4 Å². The fraction of sp³-hybridized carbons (Fsp3) is 0.273. The van der Waals surface area contributed by atoms with Crippen LogP contribution in [0.1, 0.15) is 25.8 Å². The molecule has 0 aliphatic rings. The van der Waals surface area contributed by atoms with E-state index in [9.17, 15) is 0 Å². The van der Waals surface area contributed by atoms with Crippen molar-refractivity contribution < 1.29 is 0 Å². The van der Waals surface area contributed by atoms with Gasteiger partial charge in [-0.2, -0.15) is 12.6 Å². The summed E-state index contributed by atoms with van der Waals surface area (Å²) >= 11 is 4.56. The van der Waals surface area contributed by atoms with Crippen molar-refractivity contribution in [3.63, 3.8) is 0 Å². The monoisotopic (exact) mass is 335 g/mol. The molecular formula is C22H25NS. The van der Waals surface area contributed by atoms with Crippen LogP contribution in [0.5, 0.6) is 0 Å². The van der Waals surface area contributed by atoms with E-state index in [0.29, 0.717) is 0 Å². The van der Waals surface area contributed by atoms with Crippen molar-refractivity contribution in [1.29, 1.82) is 0 Å². The van der Waals surface area contributed by atoms with Crippen molar-refractivity contribution in [2.24, 2.45) is 0 Å². The first-order valence-corrected chi connectivity index (χ1v) is 8.77. The Hall–Kier alpha value is -2.11. The van der Waals surface area contributed by atoms with Crippen LogP contribution in [0, 0.1) is 19.3 Å². The van der Waals surface area contributed by atoms with Gasteiger partial charge in [-0.3, -0.25) is 0 Å². The highest BCUT2D eigenvalue weighted by Gasteiger charge is 2.24. The normalized spacial score (nSPS) is 13.9. The number of aryl methyl sites for hydroxylation is 1. The lowest BCUT2D eigenvalue weighted by Gasteiger charge is -2.36. The summed E-state index contributed by atoms with van der Waals surface area (Å²) in [5.74, 6) is 2.76. The van der Waals surface area contributed by atoms with E-state index < -0.39 is 0 Å². The van der Waals surface area contributed by atoms with E-state index in [2.05, 4.69) is 98.8 Å². The smallest absolute Gasteiger partial charge is 0.0647 e. The van der Waals surface area contributed by atoms with Crippen LogP contribution in [0.15, 0.2) is 66.2 Å². The van der Waals surface area contributed by atoms with Crippen LogP contribution in [0.2, 0.25) is 0 Å². The molecule has 1 nitrogen and oxygen atoms in total. The Labute approximate surface area is 151 Å². The van der Waals surface area contributed by atoms with Gasteiger partial charge in [0.15, 0.2) is 0 Å². The van der Waals surface area contributed by atoms with E-state index in [1.54, 1.807) is 0 Å². The SMILES string of the molecule is C#CC(S)CC(/C(C)=C\C)N(c1ccccc1)c1ccccc1C. The van der Waals surface area contributed by atoms with Gasteiger partial charge >= 0.3 is 0 Å². The summed E-state index contributed by atoms with van der Waals surface area (Å²) in [6.45, 7) is 6.38. The number of anilines is 2. The predicted molar refractivity (Wildman–Crippen MR) is 109 cm³/mol. The fourth-order valence-corrected chi connectivity index (χ4v) is 3.08. The highest BCUT2D eigenvalue weighted by molar-refractivity contribution is 7.81. The molecule has 0 bridgehead atoms. The molecule has 0 aliphatic carbocycles. The molecule has 0 saturated carbocycles. The predicted octanol–water partition coefficient (Wildman–Crippen LogP) is 5.79. The molecule has 0 aromatic heterocycles. The van der Waals surface area contributed by atoms with Crippen LogP contribution in [-0.4, -0.2) is 11.3 Å². The molecule has 2 aromatic carbocycles. The lowest BCUT2D eigenvalue weighted by Crippen LogP contribution is -2.34. The molecule has 2 atom stereocenters. The van der Waals surface area contributed by atoms with Gasteiger partial charge in [0, 0.05) is 11.4 Å². The maximum absolute atomic E-state index is 5.60. The maximum Gasteiger partial charge on any atom is 0.0647 e. The van der Waals surface area contributed by atoms with Crippen molar-refractivity contribution >= 4 is 24.0 Å². The quantitative estimate of drug-likeness (QED) is 0.397. The van der Waals surface area contributed by atoms with Crippen LogP contribution in [0.3, 0.4) is 0 Å². The van der Waals surface area contributed by atoms with Gasteiger partial charge in [-0.15, -0.1) is 6.42 Å². The summed E-state index contributed by atoms with van der Waals surface area (Å²) in [5.41, 5.74) is 4.89. The second-order valence-corrected chi connectivity index (χ2v) is 6.58. The number of thiol groups is 1. The average Bonchev–Trinajstić information content (AvgIpc) is 2.62. The van der Waals surface area contributed by atoms with Gasteiger partial charge in [-0.25, -0.2) is 0 Å². The number of hydrogen-bond acceptors (Lipinski definition) is 2. The second kappa shape index (κ2) is 8.66. The number of para-hydroxylation sites is 2. The molecule has 2 unspecified atom stereocenters. The Morgan fingerprint density at radius 2 is 1.79 bits per heavy atom. The van der Waals surface area contributed by atoms with Gasteiger partial charge in [0.1, 0.15) is 0 Å². The topological polar surface area (TPSA) is 3.24 Å². The van der Waals surface area contributed by atoms with Crippen molar-refractivity contribution in [2.45, 2.75) is 38.5 Å². The number of terminal acetylenes is 1. The third-order valence-electron chi connectivity index (χ3n) is 4.34. The minimum atomic E-state index is -0.0832. The molecular weight excluding hydrogens is 310 g/mol. The summed E-state index contributed by atoms with van der Waals surface area (Å²) in [4.78, 5) is 2.38. The number of benzene rings is 2. The third-order valence-corrected chi connectivity index (χ3v) is 4.70. The van der Waals surface area contributed by atoms with Gasteiger partial charge in [0.25, 0.3) is 0 Å². The lowest BCUT2D eigenvalue weighted by atomic mass is 9.98. The number of rotatable bonds is 6. The van der Waals surface area contributed by atoms with Gasteiger partial charge in [-0.05, 0) is 51.0 Å². The third kappa shape index (κ3) is 4.24. The first-order chi connectivity index (χ1) is 11.6. The second-order valence-electron chi connectivity index (χ2n) is 5.96. The number of hydrogen-bond donors (Lipinski definition) is 1.